The Hall–Kier alpha value is -2.33. The minimum absolute atomic E-state index is 0.0847. The van der Waals surface area contributed by atoms with Crippen molar-refractivity contribution in [2.75, 3.05) is 6.61 Å². The first-order valence-corrected chi connectivity index (χ1v) is 7.20. The van der Waals surface area contributed by atoms with Crippen LogP contribution < -0.4 is 10.2 Å². The van der Waals surface area contributed by atoms with Gasteiger partial charge in [-0.3, -0.25) is 4.79 Å². The van der Waals surface area contributed by atoms with Gasteiger partial charge >= 0.3 is 0 Å². The molecule has 0 aliphatic heterocycles. The third-order valence-corrected chi connectivity index (χ3v) is 3.24. The first kappa shape index (κ1) is 16.0. The number of hydrogen-bond donors (Lipinski definition) is 1. The van der Waals surface area contributed by atoms with Crippen LogP contribution in [0.15, 0.2) is 47.6 Å². The molecule has 0 fully saturated rings. The van der Waals surface area contributed by atoms with Crippen molar-refractivity contribution in [2.45, 2.75) is 13.8 Å². The topological polar surface area (TPSA) is 50.7 Å². The number of ether oxygens (including phenoxy) is 1. The second-order valence-electron chi connectivity index (χ2n) is 4.86. The van der Waals surface area contributed by atoms with Crippen LogP contribution in [-0.2, 0) is 4.79 Å². The summed E-state index contributed by atoms with van der Waals surface area (Å²) in [5.41, 5.74) is 5.22. The molecule has 0 atom stereocenters. The molecule has 2 aromatic rings. The molecule has 4 nitrogen and oxygen atoms in total. The van der Waals surface area contributed by atoms with Crippen molar-refractivity contribution in [3.8, 4) is 5.75 Å². The number of carbonyl (C=O) groups is 1. The number of nitrogens with one attached hydrogen (secondary N) is 1. The number of aryl methyl sites for hydroxylation is 2. The van der Waals surface area contributed by atoms with Crippen LogP contribution in [0.2, 0.25) is 5.02 Å². The highest BCUT2D eigenvalue weighted by molar-refractivity contribution is 6.30. The SMILES string of the molecule is Cc1cccc(C)c1OCC(=O)N/N=C\c1cccc(Cl)c1. The van der Waals surface area contributed by atoms with Crippen LogP contribution in [0, 0.1) is 13.8 Å². The number of para-hydroxylation sites is 1. The molecule has 1 N–H and O–H groups in total. The Morgan fingerprint density at radius 2 is 1.91 bits per heavy atom. The Bertz CT molecular complexity index is 679. The van der Waals surface area contributed by atoms with E-state index in [2.05, 4.69) is 10.5 Å². The summed E-state index contributed by atoms with van der Waals surface area (Å²) in [6.45, 7) is 3.80. The lowest BCUT2D eigenvalue weighted by atomic mass is 10.1. The summed E-state index contributed by atoms with van der Waals surface area (Å²) < 4.78 is 5.54. The molecule has 0 saturated carbocycles. The van der Waals surface area contributed by atoms with Gasteiger partial charge in [0.2, 0.25) is 0 Å². The molecule has 22 heavy (non-hydrogen) atoms. The molecule has 0 aliphatic rings. The molecule has 2 rings (SSSR count). The van der Waals surface area contributed by atoms with Gasteiger partial charge in [0.1, 0.15) is 5.75 Å². The molecule has 0 aliphatic carbocycles. The molecular formula is C17H17ClN2O2. The predicted octanol–water partition coefficient (Wildman–Crippen LogP) is 3.49. The van der Waals surface area contributed by atoms with E-state index in [-0.39, 0.29) is 12.5 Å². The first-order valence-electron chi connectivity index (χ1n) is 6.83. The van der Waals surface area contributed by atoms with Gasteiger partial charge in [0.25, 0.3) is 5.91 Å². The largest absolute Gasteiger partial charge is 0.483 e. The number of hydrazone groups is 1. The monoisotopic (exact) mass is 316 g/mol. The highest BCUT2D eigenvalue weighted by Gasteiger charge is 2.06. The number of rotatable bonds is 5. The van der Waals surface area contributed by atoms with Crippen molar-refractivity contribution in [3.05, 3.63) is 64.2 Å². The van der Waals surface area contributed by atoms with Gasteiger partial charge in [-0.05, 0) is 42.7 Å². The van der Waals surface area contributed by atoms with Crippen LogP contribution in [0.25, 0.3) is 0 Å². The number of halogens is 1. The lowest BCUT2D eigenvalue weighted by Gasteiger charge is -2.10. The molecule has 5 heteroatoms. The summed E-state index contributed by atoms with van der Waals surface area (Å²) in [7, 11) is 0. The molecule has 0 aromatic heterocycles. The highest BCUT2D eigenvalue weighted by atomic mass is 35.5. The smallest absolute Gasteiger partial charge is 0.277 e. The van der Waals surface area contributed by atoms with Gasteiger partial charge in [-0.15, -0.1) is 0 Å². The minimum Gasteiger partial charge on any atom is -0.483 e. The maximum Gasteiger partial charge on any atom is 0.277 e. The average molecular weight is 317 g/mol. The molecule has 0 saturated heterocycles. The standard InChI is InChI=1S/C17H17ClN2O2/c1-12-5-3-6-13(2)17(12)22-11-16(21)20-19-10-14-7-4-8-15(18)9-14/h3-10H,11H2,1-2H3,(H,20,21)/b19-10-. The second kappa shape index (κ2) is 7.61. The summed E-state index contributed by atoms with van der Waals surface area (Å²) in [5, 5.41) is 4.50. The van der Waals surface area contributed by atoms with Crippen molar-refractivity contribution < 1.29 is 9.53 Å². The van der Waals surface area contributed by atoms with E-state index >= 15 is 0 Å². The van der Waals surface area contributed by atoms with E-state index < -0.39 is 0 Å². The van der Waals surface area contributed by atoms with E-state index in [1.807, 2.05) is 44.2 Å². The molecule has 2 aromatic carbocycles. The van der Waals surface area contributed by atoms with Crippen LogP contribution in [0.5, 0.6) is 5.75 Å². The summed E-state index contributed by atoms with van der Waals surface area (Å²) in [5.74, 6) is 0.414. The zero-order chi connectivity index (χ0) is 15.9. The maximum absolute atomic E-state index is 11.7. The van der Waals surface area contributed by atoms with Crippen LogP contribution >= 0.6 is 11.6 Å². The second-order valence-corrected chi connectivity index (χ2v) is 5.29. The number of carbonyl (C=O) groups excluding carboxylic acids is 1. The molecule has 0 bridgehead atoms. The molecule has 0 heterocycles. The van der Waals surface area contributed by atoms with Gasteiger partial charge in [0.05, 0.1) is 6.21 Å². The third kappa shape index (κ3) is 4.60. The lowest BCUT2D eigenvalue weighted by Crippen LogP contribution is -2.25. The van der Waals surface area contributed by atoms with Crippen molar-refractivity contribution in [1.82, 2.24) is 5.43 Å². The number of hydrogen-bond acceptors (Lipinski definition) is 3. The van der Waals surface area contributed by atoms with Crippen molar-refractivity contribution in [2.24, 2.45) is 5.10 Å². The Labute approximate surface area is 134 Å². The summed E-state index contributed by atoms with van der Waals surface area (Å²) in [4.78, 5) is 11.7. The Morgan fingerprint density at radius 1 is 1.23 bits per heavy atom. The zero-order valence-corrected chi connectivity index (χ0v) is 13.2. The van der Waals surface area contributed by atoms with E-state index in [9.17, 15) is 4.79 Å². The molecule has 1 amide bonds. The van der Waals surface area contributed by atoms with E-state index in [0.29, 0.717) is 5.02 Å². The molecule has 0 spiro atoms. The highest BCUT2D eigenvalue weighted by Crippen LogP contribution is 2.21. The van der Waals surface area contributed by atoms with Gasteiger partial charge in [-0.1, -0.05) is 41.9 Å². The third-order valence-electron chi connectivity index (χ3n) is 3.01. The predicted molar refractivity (Wildman–Crippen MR) is 88.6 cm³/mol. The first-order chi connectivity index (χ1) is 10.6. The Kier molecular flexibility index (Phi) is 5.55. The Balaban J connectivity index is 1.86. The van der Waals surface area contributed by atoms with E-state index in [1.54, 1.807) is 12.1 Å². The van der Waals surface area contributed by atoms with Gasteiger partial charge < -0.3 is 4.74 Å². The number of benzene rings is 2. The molecule has 0 unspecified atom stereocenters. The quantitative estimate of drug-likeness (QED) is 0.678. The summed E-state index contributed by atoms with van der Waals surface area (Å²) in [6.07, 6.45) is 1.53. The van der Waals surface area contributed by atoms with Crippen LogP contribution in [0.1, 0.15) is 16.7 Å². The van der Waals surface area contributed by atoms with Crippen LogP contribution in [0.4, 0.5) is 0 Å². The lowest BCUT2D eigenvalue weighted by molar-refractivity contribution is -0.123. The van der Waals surface area contributed by atoms with Gasteiger partial charge in [-0.2, -0.15) is 5.10 Å². The van der Waals surface area contributed by atoms with Crippen molar-refractivity contribution >= 4 is 23.7 Å². The summed E-state index contributed by atoms with van der Waals surface area (Å²) in [6, 6.07) is 13.0. The van der Waals surface area contributed by atoms with Crippen LogP contribution in [0.3, 0.4) is 0 Å². The average Bonchev–Trinajstić information content (AvgIpc) is 2.47. The van der Waals surface area contributed by atoms with Crippen LogP contribution in [-0.4, -0.2) is 18.7 Å². The summed E-state index contributed by atoms with van der Waals surface area (Å²) >= 11 is 5.86. The zero-order valence-electron chi connectivity index (χ0n) is 12.5. The van der Waals surface area contributed by atoms with Gasteiger partial charge in [0, 0.05) is 5.02 Å². The van der Waals surface area contributed by atoms with E-state index in [4.69, 9.17) is 16.3 Å². The minimum atomic E-state index is -0.319. The normalized spacial score (nSPS) is 10.7. The molecule has 0 radical (unpaired) electrons. The molecular weight excluding hydrogens is 300 g/mol. The molecule has 114 valence electrons. The fraction of sp³-hybridized carbons (Fsp3) is 0.176. The fourth-order valence-electron chi connectivity index (χ4n) is 1.96. The van der Waals surface area contributed by atoms with Crippen molar-refractivity contribution in [1.29, 1.82) is 0 Å². The Morgan fingerprint density at radius 3 is 2.59 bits per heavy atom. The number of amides is 1. The van der Waals surface area contributed by atoms with Gasteiger partial charge in [-0.25, -0.2) is 5.43 Å². The van der Waals surface area contributed by atoms with E-state index in [1.165, 1.54) is 6.21 Å². The van der Waals surface area contributed by atoms with Crippen molar-refractivity contribution in [3.63, 3.8) is 0 Å². The number of nitrogens with zero attached hydrogens (tertiary/aromatic N) is 1. The fourth-order valence-corrected chi connectivity index (χ4v) is 2.16. The maximum atomic E-state index is 11.7. The van der Waals surface area contributed by atoms with Gasteiger partial charge in [0.15, 0.2) is 6.61 Å². The van der Waals surface area contributed by atoms with E-state index in [0.717, 1.165) is 22.4 Å².